The van der Waals surface area contributed by atoms with Gasteiger partial charge in [-0.05, 0) is 20.0 Å². The number of hydrogen-bond donors (Lipinski definition) is 1. The van der Waals surface area contributed by atoms with Gasteiger partial charge in [0, 0.05) is 37.8 Å². The maximum absolute atomic E-state index is 11.9. The van der Waals surface area contributed by atoms with E-state index >= 15 is 0 Å². The van der Waals surface area contributed by atoms with Gasteiger partial charge < -0.3 is 10.2 Å². The Bertz CT molecular complexity index is 378. The summed E-state index contributed by atoms with van der Waals surface area (Å²) in [6.45, 7) is 3.18. The SMILES string of the molecule is CN1CCc2nn(CCCNCC(F)F)cc2C1. The summed E-state index contributed by atoms with van der Waals surface area (Å²) in [6.07, 6.45) is 1.64. The Morgan fingerprint density at radius 3 is 3.11 bits per heavy atom. The second kappa shape index (κ2) is 6.24. The molecule has 102 valence electrons. The molecular weight excluding hydrogens is 238 g/mol. The number of alkyl halides is 2. The Hall–Kier alpha value is -1.01. The fourth-order valence-corrected chi connectivity index (χ4v) is 2.20. The molecule has 2 rings (SSSR count). The molecule has 4 nitrogen and oxygen atoms in total. The van der Waals surface area contributed by atoms with Crippen molar-refractivity contribution in [1.29, 1.82) is 0 Å². The predicted molar refractivity (Wildman–Crippen MR) is 65.8 cm³/mol. The van der Waals surface area contributed by atoms with Crippen LogP contribution in [0.1, 0.15) is 17.7 Å². The van der Waals surface area contributed by atoms with E-state index in [1.54, 1.807) is 0 Å². The summed E-state index contributed by atoms with van der Waals surface area (Å²) >= 11 is 0. The first-order valence-corrected chi connectivity index (χ1v) is 6.38. The molecule has 0 fully saturated rings. The van der Waals surface area contributed by atoms with Gasteiger partial charge >= 0.3 is 0 Å². The van der Waals surface area contributed by atoms with E-state index in [0.717, 1.165) is 32.5 Å². The van der Waals surface area contributed by atoms with E-state index in [9.17, 15) is 8.78 Å². The fourth-order valence-electron chi connectivity index (χ4n) is 2.20. The molecule has 0 atom stereocenters. The second-order valence-electron chi connectivity index (χ2n) is 4.80. The smallest absolute Gasteiger partial charge is 0.250 e. The number of aromatic nitrogens is 2. The molecule has 0 unspecified atom stereocenters. The predicted octanol–water partition coefficient (Wildman–Crippen LogP) is 1.12. The zero-order valence-corrected chi connectivity index (χ0v) is 10.7. The number of rotatable bonds is 6. The first-order valence-electron chi connectivity index (χ1n) is 6.38. The average Bonchev–Trinajstić information content (AvgIpc) is 2.70. The summed E-state index contributed by atoms with van der Waals surface area (Å²) < 4.78 is 25.7. The van der Waals surface area contributed by atoms with Crippen LogP contribution in [0.4, 0.5) is 8.78 Å². The molecule has 0 aliphatic carbocycles. The summed E-state index contributed by atoms with van der Waals surface area (Å²) in [6, 6.07) is 0. The van der Waals surface area contributed by atoms with E-state index in [1.165, 1.54) is 11.3 Å². The van der Waals surface area contributed by atoms with Crippen molar-refractivity contribution in [2.75, 3.05) is 26.7 Å². The van der Waals surface area contributed by atoms with Gasteiger partial charge in [0.2, 0.25) is 0 Å². The molecule has 0 aromatic carbocycles. The number of aryl methyl sites for hydroxylation is 1. The van der Waals surface area contributed by atoms with Crippen LogP contribution in [-0.2, 0) is 19.5 Å². The maximum atomic E-state index is 11.9. The lowest BCUT2D eigenvalue weighted by molar-refractivity contribution is 0.146. The lowest BCUT2D eigenvalue weighted by Gasteiger charge is -2.20. The molecule has 6 heteroatoms. The molecular formula is C12H20F2N4. The number of nitrogens with zero attached hydrogens (tertiary/aromatic N) is 3. The quantitative estimate of drug-likeness (QED) is 0.776. The van der Waals surface area contributed by atoms with Crippen LogP contribution in [0, 0.1) is 0 Å². The van der Waals surface area contributed by atoms with Crippen molar-refractivity contribution in [2.24, 2.45) is 0 Å². The van der Waals surface area contributed by atoms with Crippen molar-refractivity contribution in [2.45, 2.75) is 32.4 Å². The van der Waals surface area contributed by atoms with Gasteiger partial charge in [0.1, 0.15) is 0 Å². The molecule has 1 N–H and O–H groups in total. The van der Waals surface area contributed by atoms with Crippen LogP contribution in [0.15, 0.2) is 6.20 Å². The van der Waals surface area contributed by atoms with Crippen LogP contribution < -0.4 is 5.32 Å². The third kappa shape index (κ3) is 3.74. The number of halogens is 2. The lowest BCUT2D eigenvalue weighted by Crippen LogP contribution is -2.25. The van der Waals surface area contributed by atoms with Gasteiger partial charge in [-0.3, -0.25) is 4.68 Å². The van der Waals surface area contributed by atoms with E-state index in [2.05, 4.69) is 28.6 Å². The minimum Gasteiger partial charge on any atom is -0.311 e. The Balaban J connectivity index is 1.74. The van der Waals surface area contributed by atoms with Crippen LogP contribution >= 0.6 is 0 Å². The minimum absolute atomic E-state index is 0.222. The van der Waals surface area contributed by atoms with Crippen LogP contribution in [0.3, 0.4) is 0 Å². The molecule has 18 heavy (non-hydrogen) atoms. The van der Waals surface area contributed by atoms with Gasteiger partial charge in [0.05, 0.1) is 12.2 Å². The molecule has 0 radical (unpaired) electrons. The van der Waals surface area contributed by atoms with Crippen molar-refractivity contribution in [1.82, 2.24) is 20.0 Å². The normalized spacial score (nSPS) is 16.2. The van der Waals surface area contributed by atoms with E-state index in [1.807, 2.05) is 4.68 Å². The van der Waals surface area contributed by atoms with Crippen molar-refractivity contribution >= 4 is 0 Å². The van der Waals surface area contributed by atoms with Crippen molar-refractivity contribution in [3.63, 3.8) is 0 Å². The van der Waals surface area contributed by atoms with Crippen LogP contribution in [0.5, 0.6) is 0 Å². The summed E-state index contributed by atoms with van der Waals surface area (Å²) in [5.74, 6) is 0. The Morgan fingerprint density at radius 1 is 1.50 bits per heavy atom. The summed E-state index contributed by atoms with van der Waals surface area (Å²) in [5.41, 5.74) is 2.48. The molecule has 0 amide bonds. The Morgan fingerprint density at radius 2 is 2.33 bits per heavy atom. The highest BCUT2D eigenvalue weighted by atomic mass is 19.3. The molecule has 0 spiro atoms. The Kier molecular flexibility index (Phi) is 4.66. The lowest BCUT2D eigenvalue weighted by atomic mass is 10.1. The van der Waals surface area contributed by atoms with Crippen molar-refractivity contribution in [3.8, 4) is 0 Å². The Labute approximate surface area is 106 Å². The topological polar surface area (TPSA) is 33.1 Å². The van der Waals surface area contributed by atoms with Crippen LogP contribution in [0.2, 0.25) is 0 Å². The zero-order chi connectivity index (χ0) is 13.0. The van der Waals surface area contributed by atoms with Crippen molar-refractivity contribution < 1.29 is 8.78 Å². The summed E-state index contributed by atoms with van der Waals surface area (Å²) in [4.78, 5) is 2.28. The van der Waals surface area contributed by atoms with Crippen LogP contribution in [0.25, 0.3) is 0 Å². The van der Waals surface area contributed by atoms with E-state index in [-0.39, 0.29) is 6.54 Å². The second-order valence-corrected chi connectivity index (χ2v) is 4.80. The molecule has 1 aromatic heterocycles. The van der Waals surface area contributed by atoms with E-state index < -0.39 is 6.43 Å². The van der Waals surface area contributed by atoms with Gasteiger partial charge in [-0.15, -0.1) is 0 Å². The monoisotopic (exact) mass is 258 g/mol. The van der Waals surface area contributed by atoms with Gasteiger partial charge in [-0.2, -0.15) is 5.10 Å². The number of likely N-dealkylation sites (N-methyl/N-ethyl adjacent to an activating group) is 1. The third-order valence-corrected chi connectivity index (χ3v) is 3.13. The van der Waals surface area contributed by atoms with E-state index in [4.69, 9.17) is 0 Å². The minimum atomic E-state index is -2.27. The van der Waals surface area contributed by atoms with Gasteiger partial charge in [0.15, 0.2) is 0 Å². The maximum Gasteiger partial charge on any atom is 0.250 e. The molecule has 1 aromatic rings. The molecule has 0 saturated heterocycles. The fraction of sp³-hybridized carbons (Fsp3) is 0.750. The summed E-state index contributed by atoms with van der Waals surface area (Å²) in [5, 5.41) is 7.26. The van der Waals surface area contributed by atoms with Crippen molar-refractivity contribution in [3.05, 3.63) is 17.5 Å². The molecule has 0 bridgehead atoms. The largest absolute Gasteiger partial charge is 0.311 e. The standard InChI is InChI=1S/C12H20F2N4/c1-17-6-3-11-10(8-17)9-18(16-11)5-2-4-15-7-12(13)14/h9,12,15H,2-8H2,1H3. The molecule has 1 aliphatic heterocycles. The highest BCUT2D eigenvalue weighted by Crippen LogP contribution is 2.15. The van der Waals surface area contributed by atoms with Crippen LogP contribution in [-0.4, -0.2) is 47.8 Å². The highest BCUT2D eigenvalue weighted by Gasteiger charge is 2.16. The first kappa shape index (κ1) is 13.4. The number of fused-ring (bicyclic) bond motifs is 1. The number of hydrogen-bond acceptors (Lipinski definition) is 3. The van der Waals surface area contributed by atoms with Gasteiger partial charge in [0.25, 0.3) is 6.43 Å². The molecule has 1 aliphatic rings. The first-order chi connectivity index (χ1) is 8.65. The van der Waals surface area contributed by atoms with Gasteiger partial charge in [-0.25, -0.2) is 8.78 Å². The zero-order valence-electron chi connectivity index (χ0n) is 10.7. The third-order valence-electron chi connectivity index (χ3n) is 3.13. The van der Waals surface area contributed by atoms with Gasteiger partial charge in [-0.1, -0.05) is 0 Å². The average molecular weight is 258 g/mol. The summed E-state index contributed by atoms with van der Waals surface area (Å²) in [7, 11) is 2.11. The highest BCUT2D eigenvalue weighted by molar-refractivity contribution is 5.19. The number of nitrogens with one attached hydrogen (secondary N) is 1. The van der Waals surface area contributed by atoms with E-state index in [0.29, 0.717) is 6.54 Å². The molecule has 0 saturated carbocycles. The molecule has 2 heterocycles.